The third-order valence-corrected chi connectivity index (χ3v) is 4.38. The number of primary amides is 1. The lowest BCUT2D eigenvalue weighted by Gasteiger charge is -2.33. The van der Waals surface area contributed by atoms with Gasteiger partial charge in [-0.3, -0.25) is 4.79 Å². The summed E-state index contributed by atoms with van der Waals surface area (Å²) < 4.78 is 40.5. The van der Waals surface area contributed by atoms with Crippen LogP contribution in [-0.4, -0.2) is 21.9 Å². The maximum atomic E-state index is 13.2. The Morgan fingerprint density at radius 3 is 2.86 bits per heavy atom. The fourth-order valence-electron chi connectivity index (χ4n) is 2.42. The first kappa shape index (κ1) is 13.9. The molecule has 1 amide bonds. The van der Waals surface area contributed by atoms with E-state index in [1.165, 1.54) is 11.3 Å². The summed E-state index contributed by atoms with van der Waals surface area (Å²) in [5.41, 5.74) is 5.15. The van der Waals surface area contributed by atoms with Crippen LogP contribution in [0.25, 0.3) is 0 Å². The number of anilines is 1. The van der Waals surface area contributed by atoms with E-state index in [4.69, 9.17) is 5.73 Å². The van der Waals surface area contributed by atoms with Gasteiger partial charge in [-0.1, -0.05) is 6.07 Å². The van der Waals surface area contributed by atoms with Gasteiger partial charge in [-0.25, -0.2) is 4.68 Å². The van der Waals surface area contributed by atoms with Crippen LogP contribution >= 0.6 is 11.3 Å². The number of aromatic nitrogens is 2. The molecule has 0 bridgehead atoms. The van der Waals surface area contributed by atoms with Crippen LogP contribution in [0.4, 0.5) is 19.0 Å². The van der Waals surface area contributed by atoms with E-state index >= 15 is 0 Å². The third kappa shape index (κ3) is 2.37. The predicted molar refractivity (Wildman–Crippen MR) is 71.1 cm³/mol. The molecule has 3 heterocycles. The Balaban J connectivity index is 2.07. The van der Waals surface area contributed by atoms with Gasteiger partial charge in [0.25, 0.3) is 5.91 Å². The molecular formula is C12H11F3N4OS. The van der Waals surface area contributed by atoms with E-state index in [0.29, 0.717) is 0 Å². The van der Waals surface area contributed by atoms with Crippen LogP contribution in [0.2, 0.25) is 0 Å². The molecule has 5 nitrogen and oxygen atoms in total. The second-order valence-electron chi connectivity index (χ2n) is 4.72. The van der Waals surface area contributed by atoms with Crippen molar-refractivity contribution in [1.82, 2.24) is 9.78 Å². The van der Waals surface area contributed by atoms with Gasteiger partial charge in [-0.15, -0.1) is 11.3 Å². The number of halogens is 3. The van der Waals surface area contributed by atoms with Crippen LogP contribution < -0.4 is 11.1 Å². The monoisotopic (exact) mass is 316 g/mol. The van der Waals surface area contributed by atoms with Gasteiger partial charge >= 0.3 is 6.18 Å². The van der Waals surface area contributed by atoms with Crippen molar-refractivity contribution in [2.75, 3.05) is 5.32 Å². The van der Waals surface area contributed by atoms with Gasteiger partial charge in [0.05, 0.1) is 12.2 Å². The van der Waals surface area contributed by atoms with Gasteiger partial charge in [-0.2, -0.15) is 18.3 Å². The van der Waals surface area contributed by atoms with Gasteiger partial charge in [0.2, 0.25) is 0 Å². The molecule has 0 aromatic carbocycles. The minimum Gasteiger partial charge on any atom is -0.365 e. The summed E-state index contributed by atoms with van der Waals surface area (Å²) in [5, 5.41) is 8.41. The van der Waals surface area contributed by atoms with Gasteiger partial charge in [-0.05, 0) is 11.4 Å². The number of hydrogen-bond donors (Lipinski definition) is 2. The number of alkyl halides is 3. The van der Waals surface area contributed by atoms with Crippen LogP contribution in [0, 0.1) is 0 Å². The van der Waals surface area contributed by atoms with E-state index in [2.05, 4.69) is 10.4 Å². The van der Waals surface area contributed by atoms with Crippen LogP contribution in [-0.2, 0) is 0 Å². The maximum absolute atomic E-state index is 13.2. The topological polar surface area (TPSA) is 72.9 Å². The number of amides is 1. The first-order chi connectivity index (χ1) is 9.88. The summed E-state index contributed by atoms with van der Waals surface area (Å²) in [6.45, 7) is 0. The molecule has 0 saturated heterocycles. The fraction of sp³-hybridized carbons (Fsp3) is 0.333. The quantitative estimate of drug-likeness (QED) is 0.894. The minimum absolute atomic E-state index is 0.0227. The van der Waals surface area contributed by atoms with Crippen molar-refractivity contribution < 1.29 is 18.0 Å². The zero-order valence-corrected chi connectivity index (χ0v) is 11.4. The lowest BCUT2D eigenvalue weighted by molar-refractivity contribution is -0.173. The molecular weight excluding hydrogens is 305 g/mol. The number of nitrogens with zero attached hydrogens (tertiary/aromatic N) is 2. The molecule has 3 N–H and O–H groups in total. The maximum Gasteiger partial charge on any atom is 0.410 e. The summed E-state index contributed by atoms with van der Waals surface area (Å²) in [5.74, 6) is -0.786. The molecule has 2 aromatic rings. The van der Waals surface area contributed by atoms with Gasteiger partial charge in [0, 0.05) is 11.3 Å². The van der Waals surface area contributed by atoms with Crippen LogP contribution in [0.3, 0.4) is 0 Å². The van der Waals surface area contributed by atoms with E-state index in [1.807, 2.05) is 0 Å². The highest BCUT2D eigenvalue weighted by atomic mass is 32.1. The van der Waals surface area contributed by atoms with Crippen molar-refractivity contribution in [3.63, 3.8) is 0 Å². The van der Waals surface area contributed by atoms with E-state index in [-0.39, 0.29) is 17.8 Å². The number of carbonyl (C=O) groups excluding carboxylic acids is 1. The SMILES string of the molecule is NC(=O)c1cnn2c1N[C@@H](c1cccs1)C[C@@H]2C(F)(F)F. The molecule has 1 aliphatic heterocycles. The molecule has 9 heteroatoms. The summed E-state index contributed by atoms with van der Waals surface area (Å²) in [7, 11) is 0. The molecule has 0 aliphatic carbocycles. The molecule has 2 atom stereocenters. The summed E-state index contributed by atoms with van der Waals surface area (Å²) >= 11 is 1.36. The van der Waals surface area contributed by atoms with Crippen LogP contribution in [0.1, 0.15) is 33.7 Å². The Kier molecular flexibility index (Phi) is 3.16. The average molecular weight is 316 g/mol. The Morgan fingerprint density at radius 2 is 2.29 bits per heavy atom. The molecule has 0 radical (unpaired) electrons. The van der Waals surface area contributed by atoms with Crippen LogP contribution in [0.15, 0.2) is 23.7 Å². The number of carbonyl (C=O) groups is 1. The van der Waals surface area contributed by atoms with E-state index in [0.717, 1.165) is 15.8 Å². The molecule has 2 aromatic heterocycles. The second-order valence-corrected chi connectivity index (χ2v) is 5.70. The largest absolute Gasteiger partial charge is 0.410 e. The number of nitrogens with two attached hydrogens (primary N) is 1. The van der Waals surface area contributed by atoms with Gasteiger partial charge in [0.15, 0.2) is 6.04 Å². The summed E-state index contributed by atoms with van der Waals surface area (Å²) in [6, 6.07) is 1.21. The highest BCUT2D eigenvalue weighted by Gasteiger charge is 2.47. The molecule has 0 spiro atoms. The van der Waals surface area contributed by atoms with Crippen molar-refractivity contribution >= 4 is 23.1 Å². The number of rotatable bonds is 2. The molecule has 1 aliphatic rings. The van der Waals surface area contributed by atoms with Crippen molar-refractivity contribution in [3.8, 4) is 0 Å². The third-order valence-electron chi connectivity index (χ3n) is 3.39. The Bertz CT molecular complexity index is 665. The molecule has 21 heavy (non-hydrogen) atoms. The fourth-order valence-corrected chi connectivity index (χ4v) is 3.21. The standard InChI is InChI=1S/C12H11F3N4OS/c13-12(14,15)9-4-7(8-2-1-3-21-8)18-11-6(10(16)20)5-17-19(9)11/h1-3,5,7,9,18H,4H2,(H2,16,20)/t7-,9-/m1/s1. The Hall–Kier alpha value is -2.03. The average Bonchev–Trinajstić information content (AvgIpc) is 3.05. The Morgan fingerprint density at radius 1 is 1.52 bits per heavy atom. The zero-order chi connectivity index (χ0) is 15.2. The lowest BCUT2D eigenvalue weighted by atomic mass is 10.0. The number of hydrogen-bond acceptors (Lipinski definition) is 4. The zero-order valence-electron chi connectivity index (χ0n) is 10.6. The predicted octanol–water partition coefficient (Wildman–Crippen LogP) is 2.70. The molecule has 0 unspecified atom stereocenters. The molecule has 0 saturated carbocycles. The minimum atomic E-state index is -4.45. The molecule has 112 valence electrons. The normalized spacial score (nSPS) is 21.7. The van der Waals surface area contributed by atoms with Crippen LogP contribution in [0.5, 0.6) is 0 Å². The Labute approximate surface area is 121 Å². The van der Waals surface area contributed by atoms with Crippen molar-refractivity contribution in [1.29, 1.82) is 0 Å². The second kappa shape index (κ2) is 4.76. The van der Waals surface area contributed by atoms with E-state index < -0.39 is 24.2 Å². The van der Waals surface area contributed by atoms with E-state index in [1.54, 1.807) is 17.5 Å². The smallest absolute Gasteiger partial charge is 0.365 e. The molecule has 0 fully saturated rings. The van der Waals surface area contributed by atoms with Gasteiger partial charge < -0.3 is 11.1 Å². The first-order valence-electron chi connectivity index (χ1n) is 6.12. The molecule has 3 rings (SSSR count). The van der Waals surface area contributed by atoms with Gasteiger partial charge in [0.1, 0.15) is 11.4 Å². The highest BCUT2D eigenvalue weighted by Crippen LogP contribution is 2.44. The first-order valence-corrected chi connectivity index (χ1v) is 7.00. The summed E-state index contributed by atoms with van der Waals surface area (Å²) in [4.78, 5) is 12.1. The number of thiophene rings is 1. The van der Waals surface area contributed by atoms with Crippen molar-refractivity contribution in [3.05, 3.63) is 34.2 Å². The lowest BCUT2D eigenvalue weighted by Crippen LogP contribution is -2.36. The van der Waals surface area contributed by atoms with Crippen molar-refractivity contribution in [2.45, 2.75) is 24.7 Å². The number of fused-ring (bicyclic) bond motifs is 1. The number of nitrogens with one attached hydrogen (secondary N) is 1. The van der Waals surface area contributed by atoms with E-state index in [9.17, 15) is 18.0 Å². The summed E-state index contributed by atoms with van der Waals surface area (Å²) in [6.07, 6.45) is -3.57. The highest BCUT2D eigenvalue weighted by molar-refractivity contribution is 7.10. The van der Waals surface area contributed by atoms with Crippen molar-refractivity contribution in [2.24, 2.45) is 5.73 Å².